The molecule has 2 aliphatic rings. The summed E-state index contributed by atoms with van der Waals surface area (Å²) in [6.07, 6.45) is -5.57. The first-order valence-corrected chi connectivity index (χ1v) is 10.9. The number of halogens is 6. The summed E-state index contributed by atoms with van der Waals surface area (Å²) in [6, 6.07) is 3.26. The van der Waals surface area contributed by atoms with Crippen molar-refractivity contribution < 1.29 is 32.0 Å². The molecule has 2 aliphatic heterocycles. The normalized spacial score (nSPS) is 19.7. The van der Waals surface area contributed by atoms with Gasteiger partial charge >= 0.3 is 6.18 Å². The van der Waals surface area contributed by atoms with E-state index in [9.17, 15) is 27.2 Å². The fourth-order valence-corrected chi connectivity index (χ4v) is 5.09. The van der Waals surface area contributed by atoms with Gasteiger partial charge in [-0.25, -0.2) is 4.39 Å². The SMILES string of the molecule is CC(=O)NNC(=O)c1cc2c(s1)CN(C1=NOC(c3cc(Cl)c(F)c(Cl)c3)(C(F)(F)F)C1)C2. The van der Waals surface area contributed by atoms with E-state index in [2.05, 4.69) is 16.0 Å². The Bertz CT molecular complexity index is 1140. The minimum Gasteiger partial charge on any atom is -0.372 e. The molecule has 7 nitrogen and oxygen atoms in total. The van der Waals surface area contributed by atoms with Gasteiger partial charge in [0.25, 0.3) is 11.5 Å². The zero-order chi connectivity index (χ0) is 24.1. The number of carbonyl (C=O) groups excluding carboxylic acids is 2. The smallest absolute Gasteiger partial charge is 0.372 e. The van der Waals surface area contributed by atoms with E-state index in [0.29, 0.717) is 4.88 Å². The molecule has 1 atom stereocenters. The molecule has 1 aromatic heterocycles. The van der Waals surface area contributed by atoms with Crippen molar-refractivity contribution in [1.82, 2.24) is 15.8 Å². The zero-order valence-electron chi connectivity index (χ0n) is 16.6. The first-order valence-electron chi connectivity index (χ1n) is 9.31. The van der Waals surface area contributed by atoms with Gasteiger partial charge in [0.15, 0.2) is 5.82 Å². The summed E-state index contributed by atoms with van der Waals surface area (Å²) in [5.74, 6) is -1.92. The van der Waals surface area contributed by atoms with Crippen LogP contribution in [-0.4, -0.2) is 28.7 Å². The number of hydrogen-bond donors (Lipinski definition) is 2. The molecule has 0 bridgehead atoms. The highest BCUT2D eigenvalue weighted by Crippen LogP contribution is 2.50. The molecule has 176 valence electrons. The van der Waals surface area contributed by atoms with E-state index in [-0.39, 0.29) is 18.9 Å². The Kier molecular flexibility index (Phi) is 5.95. The van der Waals surface area contributed by atoms with Gasteiger partial charge in [-0.2, -0.15) is 13.2 Å². The lowest BCUT2D eigenvalue weighted by Gasteiger charge is -2.30. The highest BCUT2D eigenvalue weighted by molar-refractivity contribution is 7.14. The van der Waals surface area contributed by atoms with Crippen molar-refractivity contribution in [2.24, 2.45) is 5.16 Å². The predicted molar refractivity (Wildman–Crippen MR) is 112 cm³/mol. The fourth-order valence-electron chi connectivity index (χ4n) is 3.52. The molecular formula is C19H14Cl2F4N4O3S. The second-order valence-electron chi connectivity index (χ2n) is 7.40. The zero-order valence-corrected chi connectivity index (χ0v) is 19.0. The third-order valence-corrected chi connectivity index (χ3v) is 6.87. The lowest BCUT2D eigenvalue weighted by atomic mass is 9.89. The maximum atomic E-state index is 14.1. The number of carbonyl (C=O) groups is 2. The number of rotatable bonds is 2. The second-order valence-corrected chi connectivity index (χ2v) is 9.36. The lowest BCUT2D eigenvalue weighted by molar-refractivity contribution is -0.275. The van der Waals surface area contributed by atoms with Crippen LogP contribution in [0.4, 0.5) is 17.6 Å². The number of benzene rings is 1. The lowest BCUT2D eigenvalue weighted by Crippen LogP contribution is -2.44. The Morgan fingerprint density at radius 3 is 2.42 bits per heavy atom. The Labute approximate surface area is 198 Å². The minimum atomic E-state index is -4.90. The Hall–Kier alpha value is -2.57. The highest BCUT2D eigenvalue weighted by atomic mass is 35.5. The van der Waals surface area contributed by atoms with Gasteiger partial charge in [-0.3, -0.25) is 20.4 Å². The minimum absolute atomic E-state index is 0.0385. The highest BCUT2D eigenvalue weighted by Gasteiger charge is 2.63. The summed E-state index contributed by atoms with van der Waals surface area (Å²) in [7, 11) is 0. The average molecular weight is 525 g/mol. The topological polar surface area (TPSA) is 83.0 Å². The molecular weight excluding hydrogens is 511 g/mol. The van der Waals surface area contributed by atoms with E-state index < -0.39 is 51.4 Å². The maximum absolute atomic E-state index is 14.1. The first kappa shape index (κ1) is 23.6. The number of amidine groups is 1. The monoisotopic (exact) mass is 524 g/mol. The van der Waals surface area contributed by atoms with Crippen LogP contribution in [0.15, 0.2) is 23.4 Å². The van der Waals surface area contributed by atoms with Crippen molar-refractivity contribution in [1.29, 1.82) is 0 Å². The molecule has 0 aliphatic carbocycles. The quantitative estimate of drug-likeness (QED) is 0.344. The van der Waals surface area contributed by atoms with Gasteiger partial charge in [-0.1, -0.05) is 28.4 Å². The summed E-state index contributed by atoms with van der Waals surface area (Å²) < 4.78 is 56.2. The molecule has 0 radical (unpaired) electrons. The number of nitrogens with one attached hydrogen (secondary N) is 2. The molecule has 1 aromatic carbocycles. The number of hydrazine groups is 1. The number of thiophene rings is 1. The Balaban J connectivity index is 1.52. The van der Waals surface area contributed by atoms with Crippen molar-refractivity contribution >= 4 is 52.2 Å². The van der Waals surface area contributed by atoms with Crippen LogP contribution in [0.3, 0.4) is 0 Å². The van der Waals surface area contributed by atoms with Crippen LogP contribution in [-0.2, 0) is 28.3 Å². The van der Waals surface area contributed by atoms with E-state index in [1.54, 1.807) is 11.0 Å². The van der Waals surface area contributed by atoms with E-state index in [1.165, 1.54) is 6.92 Å². The number of amides is 2. The van der Waals surface area contributed by atoms with Crippen LogP contribution in [0.5, 0.6) is 0 Å². The van der Waals surface area contributed by atoms with Gasteiger partial charge in [0.1, 0.15) is 5.84 Å². The van der Waals surface area contributed by atoms with Crippen LogP contribution in [0.2, 0.25) is 10.0 Å². The summed E-state index contributed by atoms with van der Waals surface area (Å²) in [4.78, 5) is 30.6. The van der Waals surface area contributed by atoms with Gasteiger partial charge in [-0.05, 0) is 23.8 Å². The van der Waals surface area contributed by atoms with Crippen LogP contribution >= 0.6 is 34.5 Å². The second kappa shape index (κ2) is 8.33. The van der Waals surface area contributed by atoms with Crippen LogP contribution in [0.1, 0.15) is 39.0 Å². The van der Waals surface area contributed by atoms with Gasteiger partial charge in [0.2, 0.25) is 5.91 Å². The molecule has 0 spiro atoms. The molecule has 0 fully saturated rings. The number of oxime groups is 1. The molecule has 3 heterocycles. The molecule has 14 heteroatoms. The number of fused-ring (bicyclic) bond motifs is 1. The summed E-state index contributed by atoms with van der Waals surface area (Å²) in [5.41, 5.74) is 1.85. The average Bonchev–Trinajstić information content (AvgIpc) is 3.42. The van der Waals surface area contributed by atoms with Gasteiger partial charge in [0, 0.05) is 23.9 Å². The van der Waals surface area contributed by atoms with Crippen molar-refractivity contribution in [3.63, 3.8) is 0 Å². The van der Waals surface area contributed by atoms with E-state index in [4.69, 9.17) is 28.0 Å². The number of alkyl halides is 3. The Morgan fingerprint density at radius 2 is 1.85 bits per heavy atom. The molecule has 2 aromatic rings. The molecule has 2 N–H and O–H groups in total. The van der Waals surface area contributed by atoms with Crippen LogP contribution in [0, 0.1) is 5.82 Å². The molecule has 4 rings (SSSR count). The van der Waals surface area contributed by atoms with Crippen molar-refractivity contribution in [2.75, 3.05) is 0 Å². The number of nitrogens with zero attached hydrogens (tertiary/aromatic N) is 2. The Morgan fingerprint density at radius 1 is 1.18 bits per heavy atom. The predicted octanol–water partition coefficient (Wildman–Crippen LogP) is 4.48. The first-order chi connectivity index (χ1) is 15.4. The van der Waals surface area contributed by atoms with Crippen LogP contribution in [0.25, 0.3) is 0 Å². The molecule has 0 saturated heterocycles. The van der Waals surface area contributed by atoms with Gasteiger partial charge in [0.05, 0.1) is 27.9 Å². The molecule has 0 saturated carbocycles. The summed E-state index contributed by atoms with van der Waals surface area (Å²) in [6.45, 7) is 1.67. The summed E-state index contributed by atoms with van der Waals surface area (Å²) >= 11 is 12.6. The van der Waals surface area contributed by atoms with E-state index in [1.807, 2.05) is 0 Å². The van der Waals surface area contributed by atoms with E-state index >= 15 is 0 Å². The number of hydrogen-bond acceptors (Lipinski definition) is 6. The van der Waals surface area contributed by atoms with Crippen molar-refractivity contribution in [3.05, 3.63) is 54.9 Å². The third-order valence-electron chi connectivity index (χ3n) is 5.16. The summed E-state index contributed by atoms with van der Waals surface area (Å²) in [5, 5.41) is 2.56. The fraction of sp³-hybridized carbons (Fsp3) is 0.316. The van der Waals surface area contributed by atoms with E-state index in [0.717, 1.165) is 33.9 Å². The van der Waals surface area contributed by atoms with Crippen molar-refractivity contribution in [2.45, 2.75) is 38.2 Å². The molecule has 2 amide bonds. The van der Waals surface area contributed by atoms with Crippen molar-refractivity contribution in [3.8, 4) is 0 Å². The largest absolute Gasteiger partial charge is 0.435 e. The van der Waals surface area contributed by atoms with Crippen LogP contribution < -0.4 is 10.9 Å². The standard InChI is InChI=1S/C19H14Cl2F4N4O3S/c1-8(30)26-27-17(31)13-2-9-6-29(7-14(9)33-13)15-5-18(32-28-15,19(23,24)25)10-3-11(20)16(22)12(21)4-10/h2-4H,5-7H2,1H3,(H,26,30)(H,27,31). The molecule has 1 unspecified atom stereocenters. The van der Waals surface area contributed by atoms with Gasteiger partial charge in [-0.15, -0.1) is 11.3 Å². The maximum Gasteiger partial charge on any atom is 0.435 e. The third kappa shape index (κ3) is 4.22. The molecule has 33 heavy (non-hydrogen) atoms. The van der Waals surface area contributed by atoms with Gasteiger partial charge < -0.3 is 9.74 Å².